The molecule has 1 unspecified atom stereocenters. The Labute approximate surface area is 79.7 Å². The zero-order valence-corrected chi connectivity index (χ0v) is 8.98. The Bertz CT molecular complexity index is 292. The number of carbonyl (C=O) groups excluding carboxylic acids is 1. The lowest BCUT2D eigenvalue weighted by atomic mass is 10.4. The van der Waals surface area contributed by atoms with Crippen LogP contribution in [0, 0.1) is 0 Å². The molecule has 0 aliphatic heterocycles. The maximum Gasteiger partial charge on any atom is 0.538 e. The molecular formula is C4H10O8P2. The van der Waals surface area contributed by atoms with Crippen molar-refractivity contribution in [3.05, 3.63) is 0 Å². The predicted octanol–water partition coefficient (Wildman–Crippen LogP) is 0.539. The van der Waals surface area contributed by atoms with Gasteiger partial charge in [0.25, 0.3) is 0 Å². The first-order valence-corrected chi connectivity index (χ1v) is 6.51. The molecule has 14 heavy (non-hydrogen) atoms. The van der Waals surface area contributed by atoms with Crippen molar-refractivity contribution in [1.29, 1.82) is 0 Å². The molecule has 10 heteroatoms. The van der Waals surface area contributed by atoms with E-state index in [0.29, 0.717) is 6.42 Å². The van der Waals surface area contributed by atoms with E-state index in [9.17, 15) is 13.9 Å². The van der Waals surface area contributed by atoms with Crippen molar-refractivity contribution in [1.82, 2.24) is 0 Å². The fourth-order valence-corrected chi connectivity index (χ4v) is 2.09. The van der Waals surface area contributed by atoms with Crippen LogP contribution in [0.2, 0.25) is 0 Å². The molecule has 0 fully saturated rings. The summed E-state index contributed by atoms with van der Waals surface area (Å²) in [5.74, 6) is -1.06. The molecule has 0 spiro atoms. The molecule has 0 radical (unpaired) electrons. The van der Waals surface area contributed by atoms with E-state index in [1.807, 2.05) is 0 Å². The van der Waals surface area contributed by atoms with Crippen molar-refractivity contribution in [3.8, 4) is 0 Å². The molecule has 8 nitrogen and oxygen atoms in total. The molecule has 0 aromatic heterocycles. The van der Waals surface area contributed by atoms with Crippen molar-refractivity contribution in [2.75, 3.05) is 0 Å². The molecule has 1 atom stereocenters. The first-order chi connectivity index (χ1) is 6.16. The Morgan fingerprint density at radius 3 is 2.14 bits per heavy atom. The largest absolute Gasteiger partial charge is 0.538 e. The summed E-state index contributed by atoms with van der Waals surface area (Å²) in [6.07, 6.45) is 0.226. The van der Waals surface area contributed by atoms with Gasteiger partial charge in [-0.05, 0) is 6.42 Å². The van der Waals surface area contributed by atoms with Gasteiger partial charge in [0.15, 0.2) is 0 Å². The van der Waals surface area contributed by atoms with Crippen LogP contribution in [0.25, 0.3) is 0 Å². The van der Waals surface area contributed by atoms with Crippen molar-refractivity contribution in [3.63, 3.8) is 0 Å². The number of hydrogen-bond acceptors (Lipinski definition) is 5. The van der Waals surface area contributed by atoms with Gasteiger partial charge in [-0.2, -0.15) is 4.31 Å². The van der Waals surface area contributed by atoms with E-state index in [4.69, 9.17) is 14.7 Å². The zero-order chi connectivity index (χ0) is 11.4. The van der Waals surface area contributed by atoms with E-state index in [0.717, 1.165) is 0 Å². The molecule has 0 heterocycles. The molecule has 0 amide bonds. The topological polar surface area (TPSA) is 130 Å². The Morgan fingerprint density at radius 1 is 1.29 bits per heavy atom. The van der Waals surface area contributed by atoms with Gasteiger partial charge in [-0.1, -0.05) is 6.92 Å². The van der Waals surface area contributed by atoms with Crippen LogP contribution in [-0.2, 0) is 22.8 Å². The summed E-state index contributed by atoms with van der Waals surface area (Å²) in [7, 11) is -10.2. The van der Waals surface area contributed by atoms with E-state index in [2.05, 4.69) is 8.83 Å². The van der Waals surface area contributed by atoms with Crippen LogP contribution in [0.1, 0.15) is 19.8 Å². The summed E-state index contributed by atoms with van der Waals surface area (Å²) >= 11 is 0. The molecule has 0 aromatic carbocycles. The van der Waals surface area contributed by atoms with Gasteiger partial charge in [-0.3, -0.25) is 9.69 Å². The monoisotopic (exact) mass is 248 g/mol. The SMILES string of the molecule is CCCC(=O)OP(=O)(O)OP(=O)(O)O. The molecule has 0 saturated heterocycles. The van der Waals surface area contributed by atoms with Crippen molar-refractivity contribution in [2.24, 2.45) is 0 Å². The average Bonchev–Trinajstić information content (AvgIpc) is 1.78. The van der Waals surface area contributed by atoms with Gasteiger partial charge in [0.1, 0.15) is 0 Å². The van der Waals surface area contributed by atoms with Gasteiger partial charge in [-0.15, -0.1) is 0 Å². The molecule has 0 rings (SSSR count). The standard InChI is InChI=1S/C4H10O8P2/c1-2-3-4(5)11-14(9,10)12-13(6,7)8/h2-3H2,1H3,(H,9,10)(H2,6,7,8). The van der Waals surface area contributed by atoms with E-state index < -0.39 is 21.6 Å². The predicted molar refractivity (Wildman–Crippen MR) is 44.0 cm³/mol. The summed E-state index contributed by atoms with van der Waals surface area (Å²) in [6, 6.07) is 0. The fraction of sp³-hybridized carbons (Fsp3) is 0.750. The normalized spacial score (nSPS) is 16.0. The smallest absolute Gasteiger partial charge is 0.370 e. The second kappa shape index (κ2) is 5.02. The summed E-state index contributed by atoms with van der Waals surface area (Å²) < 4.78 is 28.0. The molecule has 0 aliphatic rings. The van der Waals surface area contributed by atoms with Crippen LogP contribution in [0.3, 0.4) is 0 Å². The van der Waals surface area contributed by atoms with Crippen molar-refractivity contribution < 1.29 is 37.4 Å². The van der Waals surface area contributed by atoms with Crippen LogP contribution in [0.4, 0.5) is 0 Å². The van der Waals surface area contributed by atoms with Gasteiger partial charge in [0.05, 0.1) is 0 Å². The maximum absolute atomic E-state index is 10.7. The third-order valence-electron chi connectivity index (χ3n) is 0.881. The number of phosphoric acid groups is 2. The lowest BCUT2D eigenvalue weighted by Crippen LogP contribution is -2.03. The Kier molecular flexibility index (Phi) is 4.94. The quantitative estimate of drug-likeness (QED) is 0.600. The van der Waals surface area contributed by atoms with Crippen LogP contribution < -0.4 is 0 Å². The first-order valence-electron chi connectivity index (χ1n) is 3.48. The number of rotatable bonds is 5. The number of phosphoric ester groups is 1. The summed E-state index contributed by atoms with van der Waals surface area (Å²) in [6.45, 7) is 1.62. The maximum atomic E-state index is 10.7. The van der Waals surface area contributed by atoms with Crippen LogP contribution in [-0.4, -0.2) is 20.6 Å². The second-order valence-corrected chi connectivity index (χ2v) is 5.01. The molecular weight excluding hydrogens is 238 g/mol. The van der Waals surface area contributed by atoms with Gasteiger partial charge in [-0.25, -0.2) is 9.13 Å². The van der Waals surface area contributed by atoms with E-state index in [1.165, 1.54) is 0 Å². The van der Waals surface area contributed by atoms with Crippen LogP contribution in [0.15, 0.2) is 0 Å². The van der Waals surface area contributed by atoms with Crippen molar-refractivity contribution >= 4 is 21.6 Å². The second-order valence-electron chi connectivity index (χ2n) is 2.25. The molecule has 84 valence electrons. The lowest BCUT2D eigenvalue weighted by molar-refractivity contribution is -0.135. The number of hydrogen-bond donors (Lipinski definition) is 3. The van der Waals surface area contributed by atoms with Gasteiger partial charge >= 0.3 is 21.6 Å². The molecule has 0 aliphatic carbocycles. The third-order valence-corrected chi connectivity index (χ3v) is 2.99. The summed E-state index contributed by atoms with van der Waals surface area (Å²) in [4.78, 5) is 35.6. The summed E-state index contributed by atoms with van der Waals surface area (Å²) in [5.41, 5.74) is 0. The van der Waals surface area contributed by atoms with Gasteiger partial charge < -0.3 is 14.3 Å². The first kappa shape index (κ1) is 13.8. The molecule has 0 bridgehead atoms. The number of carbonyl (C=O) groups is 1. The average molecular weight is 248 g/mol. The Hall–Kier alpha value is -0.230. The van der Waals surface area contributed by atoms with Crippen molar-refractivity contribution in [2.45, 2.75) is 19.8 Å². The fourth-order valence-electron chi connectivity index (χ4n) is 0.530. The Morgan fingerprint density at radius 2 is 1.79 bits per heavy atom. The van der Waals surface area contributed by atoms with Gasteiger partial charge in [0, 0.05) is 6.42 Å². The van der Waals surface area contributed by atoms with E-state index in [-0.39, 0.29) is 6.42 Å². The minimum atomic E-state index is -5.15. The molecule has 3 N–H and O–H groups in total. The highest BCUT2D eigenvalue weighted by molar-refractivity contribution is 7.61. The minimum Gasteiger partial charge on any atom is -0.370 e. The highest BCUT2D eigenvalue weighted by atomic mass is 31.3. The summed E-state index contributed by atoms with van der Waals surface area (Å²) in [5, 5.41) is 0. The highest BCUT2D eigenvalue weighted by Gasteiger charge is 2.35. The van der Waals surface area contributed by atoms with E-state index >= 15 is 0 Å². The van der Waals surface area contributed by atoms with Crippen LogP contribution in [0.5, 0.6) is 0 Å². The lowest BCUT2D eigenvalue weighted by Gasteiger charge is -2.11. The molecule has 0 saturated carbocycles. The zero-order valence-electron chi connectivity index (χ0n) is 7.19. The van der Waals surface area contributed by atoms with E-state index in [1.54, 1.807) is 6.92 Å². The minimum absolute atomic E-state index is 0.144. The van der Waals surface area contributed by atoms with Crippen LogP contribution >= 0.6 is 15.6 Å². The van der Waals surface area contributed by atoms with Gasteiger partial charge in [0.2, 0.25) is 0 Å². The highest BCUT2D eigenvalue weighted by Crippen LogP contribution is 2.57. The molecule has 0 aromatic rings. The third kappa shape index (κ3) is 7.20. The Balaban J connectivity index is 4.29.